The Bertz CT molecular complexity index is 2880. The average molecular weight is 853 g/mol. The molecule has 10 aromatic rings. The largest absolute Gasteiger partial charge is 0.418 e. The van der Waals surface area contributed by atoms with Gasteiger partial charge in [0, 0.05) is 10.8 Å². The Morgan fingerprint density at radius 3 is 0.968 bits per heavy atom. The molecule has 0 aliphatic heterocycles. The number of nitriles is 1. The molecule has 1 aromatic heterocycles. The number of halogens is 3. The quantitative estimate of drug-likeness (QED) is 0.106. The Morgan fingerprint density at radius 2 is 0.683 bits per heavy atom. The second-order valence-electron chi connectivity index (χ2n) is 15.8. The van der Waals surface area contributed by atoms with Gasteiger partial charge in [-0.25, -0.2) is 0 Å². The van der Waals surface area contributed by atoms with Gasteiger partial charge < -0.3 is 4.57 Å². The summed E-state index contributed by atoms with van der Waals surface area (Å²) in [6.45, 7) is 0. The van der Waals surface area contributed by atoms with Crippen molar-refractivity contribution in [2.75, 3.05) is 0 Å². The second-order valence-corrected chi connectivity index (χ2v) is 23.5. The highest BCUT2D eigenvalue weighted by atomic mass is 28.3. The van der Waals surface area contributed by atoms with Gasteiger partial charge in [0.25, 0.3) is 0 Å². The van der Waals surface area contributed by atoms with Gasteiger partial charge in [-0.05, 0) is 71.8 Å². The Kier molecular flexibility index (Phi) is 10.1. The van der Waals surface area contributed by atoms with Crippen LogP contribution in [0.5, 0.6) is 0 Å². The summed E-state index contributed by atoms with van der Waals surface area (Å²) in [6, 6.07) is 82.4. The van der Waals surface area contributed by atoms with E-state index in [0.29, 0.717) is 11.0 Å². The number of aromatic nitrogens is 1. The first kappa shape index (κ1) is 39.6. The molecule has 9 aromatic carbocycles. The van der Waals surface area contributed by atoms with E-state index in [9.17, 15) is 5.26 Å². The summed E-state index contributed by atoms with van der Waals surface area (Å²) in [7, 11) is -6.11. The lowest BCUT2D eigenvalue weighted by Gasteiger charge is -2.34. The zero-order chi connectivity index (χ0) is 43.0. The van der Waals surface area contributed by atoms with Crippen LogP contribution in [0.25, 0.3) is 27.5 Å². The fourth-order valence-corrected chi connectivity index (χ4v) is 19.4. The molecule has 63 heavy (non-hydrogen) atoms. The topological polar surface area (TPSA) is 28.7 Å². The molecule has 1 heterocycles. The normalized spacial score (nSPS) is 12.0. The monoisotopic (exact) mass is 852 g/mol. The van der Waals surface area contributed by atoms with Crippen LogP contribution in [0.3, 0.4) is 0 Å². The molecule has 0 amide bonds. The van der Waals surface area contributed by atoms with Crippen molar-refractivity contribution in [3.63, 3.8) is 0 Å². The highest BCUT2D eigenvalue weighted by Gasteiger charge is 2.44. The highest BCUT2D eigenvalue weighted by Crippen LogP contribution is 2.39. The Hall–Kier alpha value is -7.51. The van der Waals surface area contributed by atoms with E-state index in [0.717, 1.165) is 27.2 Å². The van der Waals surface area contributed by atoms with Gasteiger partial charge in [0.15, 0.2) is 16.1 Å². The van der Waals surface area contributed by atoms with Crippen LogP contribution in [0.15, 0.2) is 237 Å². The molecule has 0 unspecified atom stereocenters. The molecule has 10 rings (SSSR count). The lowest BCUT2D eigenvalue weighted by molar-refractivity contribution is -0.137. The summed E-state index contributed by atoms with van der Waals surface area (Å²) >= 11 is 0. The van der Waals surface area contributed by atoms with Crippen LogP contribution in [0.4, 0.5) is 13.2 Å². The number of alkyl halides is 3. The zero-order valence-electron chi connectivity index (χ0n) is 34.0. The van der Waals surface area contributed by atoms with Gasteiger partial charge in [0.2, 0.25) is 0 Å². The van der Waals surface area contributed by atoms with E-state index in [1.165, 1.54) is 43.3 Å². The zero-order valence-corrected chi connectivity index (χ0v) is 36.0. The molecule has 2 nitrogen and oxygen atoms in total. The standard InChI is InChI=1S/C56H39F3N2Si2/c57-56(58,59)52-37-41(40-60)31-34-55(52)61-53-35-32-48(62(42-19-7-1-8-20-42,43-21-9-2-10-22-43)44-23-11-3-12-24-44)38-50(53)51-39-49(33-36-54(51)61)63(45-25-13-4-14-26-45,46-27-15-5-16-28-46)47-29-17-6-18-30-47/h1-39H. The third-order valence-electron chi connectivity index (χ3n) is 12.5. The summed E-state index contributed by atoms with van der Waals surface area (Å²) in [5.74, 6) is 0. The fraction of sp³-hybridized carbons (Fsp3) is 0.0179. The number of rotatable bonds is 9. The van der Waals surface area contributed by atoms with E-state index in [4.69, 9.17) is 0 Å². The number of hydrogen-bond acceptors (Lipinski definition) is 1. The van der Waals surface area contributed by atoms with Gasteiger partial charge in [0.1, 0.15) is 0 Å². The van der Waals surface area contributed by atoms with Crippen LogP contribution in [0, 0.1) is 11.3 Å². The third-order valence-corrected chi connectivity index (χ3v) is 22.1. The van der Waals surface area contributed by atoms with Gasteiger partial charge in [-0.1, -0.05) is 206 Å². The molecule has 0 aliphatic carbocycles. The first-order valence-electron chi connectivity index (χ1n) is 20.9. The summed E-state index contributed by atoms with van der Waals surface area (Å²) in [5.41, 5.74) is 0.341. The van der Waals surface area contributed by atoms with Crippen molar-refractivity contribution in [3.8, 4) is 11.8 Å². The van der Waals surface area contributed by atoms with Crippen LogP contribution in [0.2, 0.25) is 0 Å². The molecule has 302 valence electrons. The van der Waals surface area contributed by atoms with Gasteiger partial charge >= 0.3 is 6.18 Å². The predicted octanol–water partition coefficient (Wildman–Crippen LogP) is 8.43. The second kappa shape index (κ2) is 16.1. The van der Waals surface area contributed by atoms with Gasteiger partial charge in [-0.15, -0.1) is 0 Å². The number of hydrogen-bond donors (Lipinski definition) is 0. The van der Waals surface area contributed by atoms with Crippen molar-refractivity contribution in [3.05, 3.63) is 248 Å². The number of nitrogens with zero attached hydrogens (tertiary/aromatic N) is 2. The Morgan fingerprint density at radius 1 is 0.365 bits per heavy atom. The minimum atomic E-state index is -4.73. The first-order chi connectivity index (χ1) is 30.8. The Labute approximate surface area is 366 Å². The highest BCUT2D eigenvalue weighted by molar-refractivity contribution is 7.20. The number of benzene rings is 9. The molecule has 0 aliphatic rings. The van der Waals surface area contributed by atoms with Crippen LogP contribution < -0.4 is 41.5 Å². The summed E-state index contributed by atoms with van der Waals surface area (Å²) < 4.78 is 47.4. The van der Waals surface area contributed by atoms with E-state index < -0.39 is 27.9 Å². The van der Waals surface area contributed by atoms with Crippen molar-refractivity contribution in [1.29, 1.82) is 5.26 Å². The van der Waals surface area contributed by atoms with Crippen molar-refractivity contribution in [2.24, 2.45) is 0 Å². The lowest BCUT2D eigenvalue weighted by atomic mass is 10.1. The maximum atomic E-state index is 15.2. The molecule has 0 spiro atoms. The summed E-state index contributed by atoms with van der Waals surface area (Å²) in [5, 5.41) is 20.8. The third kappa shape index (κ3) is 6.54. The SMILES string of the molecule is N#Cc1ccc(-n2c3ccc([Si](c4ccccc4)(c4ccccc4)c4ccccc4)cc3c3cc([Si](c4ccccc4)(c4ccccc4)c4ccccc4)ccc32)c(C(F)(F)F)c1. The van der Waals surface area contributed by atoms with Crippen molar-refractivity contribution < 1.29 is 13.2 Å². The number of fused-ring (bicyclic) bond motifs is 3. The molecule has 0 bridgehead atoms. The van der Waals surface area contributed by atoms with E-state index >= 15 is 13.2 Å². The maximum Gasteiger partial charge on any atom is 0.418 e. The molecular weight excluding hydrogens is 814 g/mol. The van der Waals surface area contributed by atoms with E-state index in [-0.39, 0.29) is 11.3 Å². The van der Waals surface area contributed by atoms with E-state index in [2.05, 4.69) is 170 Å². The minimum Gasteiger partial charge on any atom is -0.309 e. The van der Waals surface area contributed by atoms with Crippen molar-refractivity contribution in [1.82, 2.24) is 4.57 Å². The molecule has 0 radical (unpaired) electrons. The van der Waals surface area contributed by atoms with Crippen molar-refractivity contribution in [2.45, 2.75) is 6.18 Å². The lowest BCUT2D eigenvalue weighted by Crippen LogP contribution is -2.74. The van der Waals surface area contributed by atoms with Crippen LogP contribution in [-0.2, 0) is 6.18 Å². The maximum absolute atomic E-state index is 15.2. The Balaban J connectivity index is 1.37. The molecular formula is C56H39F3N2Si2. The molecule has 0 N–H and O–H groups in total. The van der Waals surface area contributed by atoms with Crippen molar-refractivity contribution >= 4 is 79.4 Å². The fourth-order valence-electron chi connectivity index (χ4n) is 9.91. The predicted molar refractivity (Wildman–Crippen MR) is 258 cm³/mol. The molecule has 0 saturated carbocycles. The van der Waals surface area contributed by atoms with E-state index in [1.807, 2.05) is 54.6 Å². The molecule has 0 atom stereocenters. The molecule has 0 fully saturated rings. The van der Waals surface area contributed by atoms with Gasteiger partial charge in [-0.3, -0.25) is 0 Å². The summed E-state index contributed by atoms with van der Waals surface area (Å²) in [6.07, 6.45) is -4.73. The van der Waals surface area contributed by atoms with Gasteiger partial charge in [0.05, 0.1) is 33.9 Å². The van der Waals surface area contributed by atoms with E-state index in [1.54, 1.807) is 4.57 Å². The smallest absolute Gasteiger partial charge is 0.309 e. The van der Waals surface area contributed by atoms with Gasteiger partial charge in [-0.2, -0.15) is 18.4 Å². The summed E-state index contributed by atoms with van der Waals surface area (Å²) in [4.78, 5) is 0. The first-order valence-corrected chi connectivity index (χ1v) is 24.9. The minimum absolute atomic E-state index is 0.0302. The van der Waals surface area contributed by atoms with Crippen LogP contribution >= 0.6 is 0 Å². The average Bonchev–Trinajstić information content (AvgIpc) is 3.67. The van der Waals surface area contributed by atoms with Crippen LogP contribution in [-0.4, -0.2) is 20.7 Å². The molecule has 0 saturated heterocycles. The van der Waals surface area contributed by atoms with Crippen LogP contribution in [0.1, 0.15) is 11.1 Å². The molecule has 7 heteroatoms.